The van der Waals surface area contributed by atoms with E-state index in [1.54, 1.807) is 0 Å². The van der Waals surface area contributed by atoms with Crippen molar-refractivity contribution in [2.45, 2.75) is 40.8 Å². The first-order valence-electron chi connectivity index (χ1n) is 5.81. The van der Waals surface area contributed by atoms with Crippen LogP contribution < -0.4 is 4.57 Å². The molecule has 1 aromatic heterocycles. The molecule has 0 aromatic carbocycles. The summed E-state index contributed by atoms with van der Waals surface area (Å²) in [6.45, 7) is 11.2. The molecule has 0 aliphatic rings. The lowest BCUT2D eigenvalue weighted by Gasteiger charge is -2.00. The fourth-order valence-corrected chi connectivity index (χ4v) is 1.50. The minimum Gasteiger partial charge on any atom is -0.726 e. The number of hydrogen-bond donors (Lipinski definition) is 1. The highest BCUT2D eigenvalue weighted by molar-refractivity contribution is 7.79. The lowest BCUT2D eigenvalue weighted by atomic mass is 10.2. The fraction of sp³-hybridized carbons (Fsp3) is 0.727. The molecule has 0 aliphatic carbocycles. The zero-order valence-electron chi connectivity index (χ0n) is 11.3. The molecule has 1 heterocycles. The number of rotatable bonds is 4. The third-order valence-corrected chi connectivity index (χ3v) is 1.90. The van der Waals surface area contributed by atoms with E-state index in [0.29, 0.717) is 0 Å². The third-order valence-electron chi connectivity index (χ3n) is 1.90. The summed E-state index contributed by atoms with van der Waals surface area (Å²) in [5, 5.41) is 0. The molecule has 1 rings (SSSR count). The SMILES string of the molecule is CC(C)Cn1cc[n+](CC(C)C)c1.O=S(=O)([O-])O. The summed E-state index contributed by atoms with van der Waals surface area (Å²) in [6.07, 6.45) is 6.50. The predicted molar refractivity (Wildman–Crippen MR) is 66.6 cm³/mol. The van der Waals surface area contributed by atoms with Gasteiger partial charge in [-0.2, -0.15) is 0 Å². The van der Waals surface area contributed by atoms with Gasteiger partial charge in [0, 0.05) is 0 Å². The second kappa shape index (κ2) is 7.50. The van der Waals surface area contributed by atoms with Crippen LogP contribution in [0.2, 0.25) is 0 Å². The zero-order chi connectivity index (χ0) is 14.3. The van der Waals surface area contributed by atoms with Crippen LogP contribution in [0.3, 0.4) is 0 Å². The molecule has 6 nitrogen and oxygen atoms in total. The highest BCUT2D eigenvalue weighted by Crippen LogP contribution is 1.97. The summed E-state index contributed by atoms with van der Waals surface area (Å²) in [6, 6.07) is 0. The maximum absolute atomic E-state index is 8.63. The monoisotopic (exact) mass is 278 g/mol. The van der Waals surface area contributed by atoms with Crippen LogP contribution in [0.5, 0.6) is 0 Å². The van der Waals surface area contributed by atoms with Crippen LogP contribution in [0.1, 0.15) is 27.7 Å². The predicted octanol–water partition coefficient (Wildman–Crippen LogP) is 1.09. The number of nitrogens with zero attached hydrogens (tertiary/aromatic N) is 2. The number of imidazole rings is 1. The summed E-state index contributed by atoms with van der Waals surface area (Å²) in [5.41, 5.74) is 0. The van der Waals surface area contributed by atoms with Crippen LogP contribution in [0, 0.1) is 11.8 Å². The molecule has 0 saturated heterocycles. The number of hydrogen-bond acceptors (Lipinski definition) is 3. The normalized spacial score (nSPS) is 11.6. The molecule has 1 N–H and O–H groups in total. The molecule has 106 valence electrons. The van der Waals surface area contributed by atoms with Crippen molar-refractivity contribution in [2.24, 2.45) is 11.8 Å². The van der Waals surface area contributed by atoms with Crippen molar-refractivity contribution in [3.05, 3.63) is 18.7 Å². The zero-order valence-corrected chi connectivity index (χ0v) is 12.1. The van der Waals surface area contributed by atoms with E-state index in [1.807, 2.05) is 0 Å². The molecule has 0 atom stereocenters. The van der Waals surface area contributed by atoms with E-state index in [9.17, 15) is 0 Å². The van der Waals surface area contributed by atoms with Gasteiger partial charge in [-0.1, -0.05) is 27.7 Å². The van der Waals surface area contributed by atoms with Crippen LogP contribution in [0.25, 0.3) is 0 Å². The molecule has 7 heteroatoms. The average molecular weight is 278 g/mol. The Morgan fingerprint density at radius 2 is 1.78 bits per heavy atom. The van der Waals surface area contributed by atoms with E-state index in [2.05, 4.69) is 55.6 Å². The summed E-state index contributed by atoms with van der Waals surface area (Å²) in [5.74, 6) is 1.44. The van der Waals surface area contributed by atoms with Gasteiger partial charge in [-0.25, -0.2) is 17.6 Å². The lowest BCUT2D eigenvalue weighted by Crippen LogP contribution is -2.33. The first-order chi connectivity index (χ1) is 8.08. The van der Waals surface area contributed by atoms with Crippen molar-refractivity contribution in [2.75, 3.05) is 0 Å². The Hall–Kier alpha value is -0.920. The summed E-state index contributed by atoms with van der Waals surface area (Å²) in [4.78, 5) is 0. The minimum atomic E-state index is -4.92. The molecular formula is C11H22N2O4S. The Bertz CT molecular complexity index is 405. The molecule has 0 fully saturated rings. The Balaban J connectivity index is 0.000000494. The molecule has 18 heavy (non-hydrogen) atoms. The van der Waals surface area contributed by atoms with Crippen LogP contribution in [-0.4, -0.2) is 22.1 Å². The molecular weight excluding hydrogens is 256 g/mol. The van der Waals surface area contributed by atoms with E-state index in [-0.39, 0.29) is 0 Å². The molecule has 0 radical (unpaired) electrons. The van der Waals surface area contributed by atoms with E-state index >= 15 is 0 Å². The van der Waals surface area contributed by atoms with Crippen molar-refractivity contribution in [1.82, 2.24) is 4.57 Å². The molecule has 0 saturated carbocycles. The quantitative estimate of drug-likeness (QED) is 0.507. The van der Waals surface area contributed by atoms with E-state index < -0.39 is 10.4 Å². The van der Waals surface area contributed by atoms with Crippen molar-refractivity contribution in [3.63, 3.8) is 0 Å². The highest BCUT2D eigenvalue weighted by Gasteiger charge is 2.06. The van der Waals surface area contributed by atoms with Gasteiger partial charge in [-0.15, -0.1) is 0 Å². The highest BCUT2D eigenvalue weighted by atomic mass is 32.3. The Kier molecular flexibility index (Phi) is 7.12. The van der Waals surface area contributed by atoms with Crippen molar-refractivity contribution < 1.29 is 22.1 Å². The molecule has 0 spiro atoms. The summed E-state index contributed by atoms with van der Waals surface area (Å²) < 4.78 is 37.3. The summed E-state index contributed by atoms with van der Waals surface area (Å²) in [7, 11) is -4.92. The fourth-order valence-electron chi connectivity index (χ4n) is 1.50. The van der Waals surface area contributed by atoms with Crippen LogP contribution >= 0.6 is 0 Å². The van der Waals surface area contributed by atoms with Crippen molar-refractivity contribution in [1.29, 1.82) is 0 Å². The van der Waals surface area contributed by atoms with Crippen LogP contribution in [0.4, 0.5) is 0 Å². The second-order valence-electron chi connectivity index (χ2n) is 5.02. The first kappa shape index (κ1) is 17.1. The van der Waals surface area contributed by atoms with Gasteiger partial charge in [0.05, 0.1) is 13.1 Å². The van der Waals surface area contributed by atoms with Gasteiger partial charge in [0.15, 0.2) is 0 Å². The lowest BCUT2D eigenvalue weighted by molar-refractivity contribution is -0.701. The Morgan fingerprint density at radius 1 is 1.28 bits per heavy atom. The minimum absolute atomic E-state index is 0.722. The average Bonchev–Trinajstić information content (AvgIpc) is 2.46. The number of aromatic nitrogens is 2. The van der Waals surface area contributed by atoms with Gasteiger partial charge in [0.25, 0.3) is 0 Å². The first-order valence-corrected chi connectivity index (χ1v) is 7.17. The van der Waals surface area contributed by atoms with Gasteiger partial charge in [0.2, 0.25) is 16.7 Å². The third kappa shape index (κ3) is 11.6. The standard InChI is InChI=1S/C11H21N2.H2O4S/c1-10(2)7-12-5-6-13(9-12)8-11(3)4;1-5(2,3)4/h5-6,9-11H,7-8H2,1-4H3;(H2,1,2,3,4)/q+1;/p-1. The maximum atomic E-state index is 8.63. The molecule has 1 aromatic rings. The maximum Gasteiger partial charge on any atom is 0.243 e. The van der Waals surface area contributed by atoms with E-state index in [0.717, 1.165) is 24.9 Å². The summed E-state index contributed by atoms with van der Waals surface area (Å²) >= 11 is 0. The van der Waals surface area contributed by atoms with Gasteiger partial charge in [-0.05, 0) is 11.8 Å². The van der Waals surface area contributed by atoms with Crippen molar-refractivity contribution in [3.8, 4) is 0 Å². The van der Waals surface area contributed by atoms with Gasteiger partial charge < -0.3 is 4.55 Å². The van der Waals surface area contributed by atoms with Gasteiger partial charge >= 0.3 is 0 Å². The van der Waals surface area contributed by atoms with Crippen molar-refractivity contribution >= 4 is 10.4 Å². The van der Waals surface area contributed by atoms with E-state index in [4.69, 9.17) is 17.5 Å². The Morgan fingerprint density at radius 3 is 2.17 bits per heavy atom. The molecule has 0 amide bonds. The molecule has 0 unspecified atom stereocenters. The van der Waals surface area contributed by atoms with Gasteiger partial charge in [0.1, 0.15) is 12.4 Å². The smallest absolute Gasteiger partial charge is 0.243 e. The topological polar surface area (TPSA) is 86.2 Å². The van der Waals surface area contributed by atoms with Crippen LogP contribution in [-0.2, 0) is 23.5 Å². The largest absolute Gasteiger partial charge is 0.726 e. The molecule has 0 bridgehead atoms. The van der Waals surface area contributed by atoms with Crippen LogP contribution in [0.15, 0.2) is 18.7 Å². The molecule has 0 aliphatic heterocycles. The Labute approximate surface area is 109 Å². The van der Waals surface area contributed by atoms with E-state index in [1.165, 1.54) is 0 Å². The second-order valence-corrected chi connectivity index (χ2v) is 5.88. The van der Waals surface area contributed by atoms with Gasteiger partial charge in [-0.3, -0.25) is 4.55 Å².